The number of benzene rings is 1. The van der Waals surface area contributed by atoms with Crippen LogP contribution in [0.5, 0.6) is 0 Å². The first-order chi connectivity index (χ1) is 14.8. The van der Waals surface area contributed by atoms with Crippen LogP contribution in [0.15, 0.2) is 40.9 Å². The van der Waals surface area contributed by atoms with Gasteiger partial charge in [-0.25, -0.2) is 0 Å². The molecule has 30 heavy (non-hydrogen) atoms. The molecule has 156 valence electrons. The lowest BCUT2D eigenvalue weighted by molar-refractivity contribution is -0.132. The fraction of sp³-hybridized carbons (Fsp3) is 0.500. The van der Waals surface area contributed by atoms with Crippen molar-refractivity contribution in [2.75, 3.05) is 13.1 Å². The molecule has 0 unspecified atom stereocenters. The van der Waals surface area contributed by atoms with Crippen molar-refractivity contribution >= 4 is 16.7 Å². The second kappa shape index (κ2) is 8.54. The summed E-state index contributed by atoms with van der Waals surface area (Å²) in [6.07, 6.45) is 10.7. The molecule has 2 aliphatic rings. The highest BCUT2D eigenvalue weighted by atomic mass is 16.4. The molecule has 0 spiro atoms. The molecular formula is C24H28N4O2. The van der Waals surface area contributed by atoms with Gasteiger partial charge in [0.25, 0.3) is 5.89 Å². The maximum atomic E-state index is 12.8. The van der Waals surface area contributed by atoms with Crippen LogP contribution in [-0.2, 0) is 4.79 Å². The van der Waals surface area contributed by atoms with Crippen molar-refractivity contribution in [3.8, 4) is 11.6 Å². The summed E-state index contributed by atoms with van der Waals surface area (Å²) >= 11 is 0. The molecule has 1 aliphatic carbocycles. The van der Waals surface area contributed by atoms with Crippen molar-refractivity contribution in [2.24, 2.45) is 5.92 Å². The molecule has 2 fully saturated rings. The third-order valence-electron chi connectivity index (χ3n) is 6.68. The van der Waals surface area contributed by atoms with Gasteiger partial charge in [0.05, 0.1) is 5.92 Å². The van der Waals surface area contributed by atoms with E-state index in [9.17, 15) is 4.79 Å². The average Bonchev–Trinajstić information content (AvgIpc) is 3.49. The average molecular weight is 405 g/mol. The molecule has 0 radical (unpaired) electrons. The number of amides is 1. The van der Waals surface area contributed by atoms with E-state index in [1.807, 2.05) is 35.2 Å². The van der Waals surface area contributed by atoms with E-state index in [1.54, 1.807) is 6.20 Å². The number of likely N-dealkylation sites (tertiary alicyclic amines) is 1. The molecule has 5 rings (SSSR count). The SMILES string of the molecule is O=C(CCC1CCCC1)N1CCC[C@H](c2nnc(-c3nccc4ccccc34)o2)C1. The minimum Gasteiger partial charge on any atom is -0.419 e. The van der Waals surface area contributed by atoms with Crippen LogP contribution in [0.3, 0.4) is 0 Å². The van der Waals surface area contributed by atoms with Gasteiger partial charge in [0.2, 0.25) is 11.8 Å². The van der Waals surface area contributed by atoms with Crippen molar-refractivity contribution in [1.82, 2.24) is 20.1 Å². The van der Waals surface area contributed by atoms with Crippen LogP contribution in [0.1, 0.15) is 63.2 Å². The molecule has 6 heteroatoms. The number of hydrogen-bond donors (Lipinski definition) is 0. The van der Waals surface area contributed by atoms with Gasteiger partial charge in [0, 0.05) is 31.1 Å². The van der Waals surface area contributed by atoms with Gasteiger partial charge in [0.15, 0.2) is 0 Å². The highest BCUT2D eigenvalue weighted by Gasteiger charge is 2.29. The van der Waals surface area contributed by atoms with E-state index in [1.165, 1.54) is 25.7 Å². The minimum absolute atomic E-state index is 0.102. The molecule has 3 heterocycles. The monoisotopic (exact) mass is 404 g/mol. The summed E-state index contributed by atoms with van der Waals surface area (Å²) in [5, 5.41) is 10.7. The quantitative estimate of drug-likeness (QED) is 0.601. The zero-order chi connectivity index (χ0) is 20.3. The topological polar surface area (TPSA) is 72.1 Å². The Labute approximate surface area is 176 Å². The Kier molecular flexibility index (Phi) is 5.47. The number of pyridine rings is 1. The molecule has 1 saturated heterocycles. The number of hydrogen-bond acceptors (Lipinski definition) is 5. The highest BCUT2D eigenvalue weighted by Crippen LogP contribution is 2.32. The van der Waals surface area contributed by atoms with Crippen molar-refractivity contribution in [3.63, 3.8) is 0 Å². The first-order valence-corrected chi connectivity index (χ1v) is 11.2. The number of rotatable bonds is 5. The van der Waals surface area contributed by atoms with Crippen LogP contribution in [-0.4, -0.2) is 39.1 Å². The predicted molar refractivity (Wildman–Crippen MR) is 115 cm³/mol. The molecule has 1 amide bonds. The van der Waals surface area contributed by atoms with E-state index in [4.69, 9.17) is 4.42 Å². The van der Waals surface area contributed by atoms with Crippen molar-refractivity contribution in [1.29, 1.82) is 0 Å². The zero-order valence-electron chi connectivity index (χ0n) is 17.3. The zero-order valence-corrected chi connectivity index (χ0v) is 17.3. The lowest BCUT2D eigenvalue weighted by Crippen LogP contribution is -2.39. The van der Waals surface area contributed by atoms with Crippen molar-refractivity contribution in [3.05, 3.63) is 42.4 Å². The van der Waals surface area contributed by atoms with Gasteiger partial charge in [0.1, 0.15) is 5.69 Å². The number of piperidine rings is 1. The summed E-state index contributed by atoms with van der Waals surface area (Å²) < 4.78 is 6.06. The largest absolute Gasteiger partial charge is 0.419 e. The van der Waals surface area contributed by atoms with Gasteiger partial charge in [-0.05, 0) is 36.6 Å². The fourth-order valence-corrected chi connectivity index (χ4v) is 4.98. The van der Waals surface area contributed by atoms with Crippen molar-refractivity contribution < 1.29 is 9.21 Å². The Balaban J connectivity index is 1.28. The van der Waals surface area contributed by atoms with Crippen LogP contribution < -0.4 is 0 Å². The fourth-order valence-electron chi connectivity index (χ4n) is 4.98. The smallest absolute Gasteiger partial charge is 0.266 e. The first-order valence-electron chi connectivity index (χ1n) is 11.2. The number of nitrogens with zero attached hydrogens (tertiary/aromatic N) is 4. The summed E-state index contributed by atoms with van der Waals surface area (Å²) in [5.74, 6) is 2.20. The van der Waals surface area contributed by atoms with E-state index >= 15 is 0 Å². The lowest BCUT2D eigenvalue weighted by atomic mass is 9.96. The molecule has 3 aromatic rings. The number of aromatic nitrogens is 3. The summed E-state index contributed by atoms with van der Waals surface area (Å²) in [7, 11) is 0. The Hall–Kier alpha value is -2.76. The van der Waals surface area contributed by atoms with Crippen LogP contribution in [0, 0.1) is 5.92 Å². The van der Waals surface area contributed by atoms with Crippen LogP contribution in [0.25, 0.3) is 22.4 Å². The highest BCUT2D eigenvalue weighted by molar-refractivity contribution is 5.92. The molecule has 2 aromatic heterocycles. The minimum atomic E-state index is 0.102. The molecule has 0 bridgehead atoms. The second-order valence-electron chi connectivity index (χ2n) is 8.69. The van der Waals surface area contributed by atoms with Gasteiger partial charge in [-0.15, -0.1) is 10.2 Å². The normalized spacial score (nSPS) is 20.1. The Morgan fingerprint density at radius 1 is 1.07 bits per heavy atom. The van der Waals surface area contributed by atoms with Crippen molar-refractivity contribution in [2.45, 2.75) is 57.3 Å². The molecule has 1 aliphatic heterocycles. The Bertz CT molecular complexity index is 1020. The first kappa shape index (κ1) is 19.2. The Morgan fingerprint density at radius 2 is 1.93 bits per heavy atom. The summed E-state index contributed by atoms with van der Waals surface area (Å²) in [4.78, 5) is 19.2. The summed E-state index contributed by atoms with van der Waals surface area (Å²) in [6, 6.07) is 10.0. The van der Waals surface area contributed by atoms with Gasteiger partial charge >= 0.3 is 0 Å². The summed E-state index contributed by atoms with van der Waals surface area (Å²) in [5.41, 5.74) is 0.715. The van der Waals surface area contributed by atoms with Gasteiger partial charge in [-0.2, -0.15) is 0 Å². The van der Waals surface area contributed by atoms with Crippen LogP contribution >= 0.6 is 0 Å². The van der Waals surface area contributed by atoms with Crippen LogP contribution in [0.4, 0.5) is 0 Å². The lowest BCUT2D eigenvalue weighted by Gasteiger charge is -2.31. The van der Waals surface area contributed by atoms with E-state index < -0.39 is 0 Å². The van der Waals surface area contributed by atoms with E-state index in [0.29, 0.717) is 30.4 Å². The molecule has 0 N–H and O–H groups in total. The Morgan fingerprint density at radius 3 is 2.83 bits per heavy atom. The van der Waals surface area contributed by atoms with Gasteiger partial charge in [-0.1, -0.05) is 49.9 Å². The maximum absolute atomic E-state index is 12.8. The number of fused-ring (bicyclic) bond motifs is 1. The number of carbonyl (C=O) groups is 1. The van der Waals surface area contributed by atoms with E-state index in [2.05, 4.69) is 15.2 Å². The molecule has 1 aromatic carbocycles. The third-order valence-corrected chi connectivity index (χ3v) is 6.68. The molecule has 6 nitrogen and oxygen atoms in total. The van der Waals surface area contributed by atoms with Gasteiger partial charge < -0.3 is 9.32 Å². The molecular weight excluding hydrogens is 376 g/mol. The van der Waals surface area contributed by atoms with E-state index in [-0.39, 0.29) is 11.8 Å². The third kappa shape index (κ3) is 3.95. The predicted octanol–water partition coefficient (Wildman–Crippen LogP) is 4.96. The molecule has 1 saturated carbocycles. The molecule has 1 atom stereocenters. The second-order valence-corrected chi connectivity index (χ2v) is 8.69. The van der Waals surface area contributed by atoms with Crippen LogP contribution in [0.2, 0.25) is 0 Å². The van der Waals surface area contributed by atoms with E-state index in [0.717, 1.165) is 42.5 Å². The maximum Gasteiger partial charge on any atom is 0.266 e. The summed E-state index contributed by atoms with van der Waals surface area (Å²) in [6.45, 7) is 1.51. The number of carbonyl (C=O) groups excluding carboxylic acids is 1. The van der Waals surface area contributed by atoms with Gasteiger partial charge in [-0.3, -0.25) is 9.78 Å². The standard InChI is InChI=1S/C24H28N4O2/c29-21(12-11-17-6-1-2-7-17)28-15-5-9-19(16-28)23-26-27-24(30-23)22-20-10-4-3-8-18(20)13-14-25-22/h3-4,8,10,13-14,17,19H,1-2,5-7,9,11-12,15-16H2/t19-/m0/s1.